The molecule has 14 N–H and O–H groups in total. The number of ether oxygens (including phenoxy) is 4. The number of carbonyl (C=O) groups is 1. The van der Waals surface area contributed by atoms with Crippen LogP contribution < -0.4 is 16.7 Å². The zero-order valence-corrected chi connectivity index (χ0v) is 43.4. The van der Waals surface area contributed by atoms with E-state index >= 15 is 0 Å². The number of methoxy groups -OCH3 is 1. The van der Waals surface area contributed by atoms with Gasteiger partial charge >= 0.3 is 21.1 Å². The highest BCUT2D eigenvalue weighted by Gasteiger charge is 2.53. The van der Waals surface area contributed by atoms with Crippen LogP contribution in [-0.2, 0) is 46.4 Å². The van der Waals surface area contributed by atoms with Crippen LogP contribution in [0, 0.1) is 0 Å². The molecule has 3 fully saturated rings. The molecular weight excluding hydrogens is 990 g/mol. The largest absolute Gasteiger partial charge is 0.472 e. The summed E-state index contributed by atoms with van der Waals surface area (Å²) in [6.07, 6.45) is -23.4. The van der Waals surface area contributed by atoms with Gasteiger partial charge < -0.3 is 100 Å². The molecule has 0 spiro atoms. The molecular formula is C41H80N6O22P2. The van der Waals surface area contributed by atoms with Crippen LogP contribution in [0.15, 0.2) is 17.1 Å². The molecule has 3 aliphatic heterocycles. The Labute approximate surface area is 413 Å². The first-order valence-electron chi connectivity index (χ1n) is 23.4. The summed E-state index contributed by atoms with van der Waals surface area (Å²) >= 11 is 0. The Morgan fingerprint density at radius 3 is 1.90 bits per heavy atom. The number of carbonyl (C=O) groups excluding carboxylic acids is 1. The highest BCUT2D eigenvalue weighted by Crippen LogP contribution is 2.50. The van der Waals surface area contributed by atoms with Crippen molar-refractivity contribution in [2.75, 3.05) is 84.7 Å². The van der Waals surface area contributed by atoms with Gasteiger partial charge in [0.1, 0.15) is 66.9 Å². The Balaban J connectivity index is 0.00000107. The number of nitrogens with zero attached hydrogens (tertiary/aromatic N) is 4. The monoisotopic (exact) mass is 1070 g/mol. The van der Waals surface area contributed by atoms with E-state index in [1.54, 1.807) is 0 Å². The topological polar surface area (TPSA) is 418 Å². The van der Waals surface area contributed by atoms with Crippen molar-refractivity contribution in [2.24, 2.45) is 0 Å². The minimum Gasteiger partial charge on any atom is -0.394 e. The van der Waals surface area contributed by atoms with E-state index in [1.165, 1.54) is 45.3 Å². The molecule has 4 rings (SSSR count). The van der Waals surface area contributed by atoms with Crippen molar-refractivity contribution in [1.29, 1.82) is 0 Å². The predicted octanol–water partition coefficient (Wildman–Crippen LogP) is -3.57. The Hall–Kier alpha value is -2.19. The first kappa shape index (κ1) is 64.9. The summed E-state index contributed by atoms with van der Waals surface area (Å²) in [5.41, 5.74) is 2.39. The maximum absolute atomic E-state index is 13.4. The van der Waals surface area contributed by atoms with Crippen LogP contribution in [0.3, 0.4) is 0 Å². The van der Waals surface area contributed by atoms with E-state index in [2.05, 4.69) is 61.6 Å². The Morgan fingerprint density at radius 2 is 1.41 bits per heavy atom. The molecule has 0 bridgehead atoms. The summed E-state index contributed by atoms with van der Waals surface area (Å²) < 4.78 is 64.2. The summed E-state index contributed by atoms with van der Waals surface area (Å²) in [4.78, 5) is 53.9. The lowest BCUT2D eigenvalue weighted by atomic mass is 9.82. The third kappa shape index (κ3) is 19.5. The highest BCUT2D eigenvalue weighted by molar-refractivity contribution is 7.52. The van der Waals surface area contributed by atoms with E-state index in [4.69, 9.17) is 38.3 Å². The summed E-state index contributed by atoms with van der Waals surface area (Å²) in [6.45, 7) is 17.4. The molecule has 0 radical (unpaired) electrons. The highest BCUT2D eigenvalue weighted by atomic mass is 31.2. The summed E-state index contributed by atoms with van der Waals surface area (Å²) in [6, 6.07) is -0.261. The number of phosphoric ester groups is 1. The molecule has 0 aromatic carbocycles. The molecule has 4 heterocycles. The zero-order valence-electron chi connectivity index (χ0n) is 41.6. The van der Waals surface area contributed by atoms with Gasteiger partial charge in [-0.1, -0.05) is 41.5 Å². The van der Waals surface area contributed by atoms with Gasteiger partial charge in [0, 0.05) is 26.7 Å². The number of hydrogen-bond acceptors (Lipinski definition) is 24. The van der Waals surface area contributed by atoms with Crippen LogP contribution in [-0.4, -0.2) is 245 Å². The second-order valence-corrected chi connectivity index (χ2v) is 20.5. The molecule has 30 heteroatoms. The van der Waals surface area contributed by atoms with Crippen molar-refractivity contribution >= 4 is 27.1 Å². The lowest BCUT2D eigenvalue weighted by Gasteiger charge is -2.49. The van der Waals surface area contributed by atoms with Crippen molar-refractivity contribution in [2.45, 2.75) is 153 Å². The summed E-state index contributed by atoms with van der Waals surface area (Å²) in [5, 5.41) is 95.6. The van der Waals surface area contributed by atoms with E-state index in [0.29, 0.717) is 0 Å². The molecule has 2 unspecified atom stereocenters. The molecule has 0 saturated carbocycles. The van der Waals surface area contributed by atoms with Crippen LogP contribution in [0.25, 0.3) is 0 Å². The molecule has 3 saturated heterocycles. The number of amides is 1. The molecule has 17 atom stereocenters. The summed E-state index contributed by atoms with van der Waals surface area (Å²) in [7, 11) is -8.97. The Kier molecular flexibility index (Phi) is 27.8. The minimum atomic E-state index is -5.25. The van der Waals surface area contributed by atoms with E-state index in [0.717, 1.165) is 24.8 Å². The van der Waals surface area contributed by atoms with Gasteiger partial charge in [-0.05, 0) is 51.8 Å². The zero-order chi connectivity index (χ0) is 54.0. The van der Waals surface area contributed by atoms with Crippen molar-refractivity contribution < 1.29 is 102 Å². The maximum atomic E-state index is 13.4. The molecule has 416 valence electrons. The van der Waals surface area contributed by atoms with Crippen molar-refractivity contribution in [3.8, 4) is 0 Å². The number of aliphatic hydroxyl groups is 9. The number of aliphatic hydroxyl groups excluding tert-OH is 9. The van der Waals surface area contributed by atoms with E-state index < -0.39 is 164 Å². The van der Waals surface area contributed by atoms with Gasteiger partial charge in [-0.2, -0.15) is 4.98 Å². The van der Waals surface area contributed by atoms with Gasteiger partial charge in [-0.15, -0.1) is 0 Å². The average molecular weight is 1070 g/mol. The van der Waals surface area contributed by atoms with Gasteiger partial charge in [0.2, 0.25) is 5.91 Å². The minimum absolute atomic E-state index is 0.134. The first-order valence-corrected chi connectivity index (χ1v) is 26.7. The fourth-order valence-corrected chi connectivity index (χ4v) is 9.80. The van der Waals surface area contributed by atoms with Gasteiger partial charge in [0.15, 0.2) is 12.5 Å². The number of nitrogens with two attached hydrogens (primary N) is 1. The van der Waals surface area contributed by atoms with E-state index in [1.807, 2.05) is 0 Å². The van der Waals surface area contributed by atoms with Crippen LogP contribution in [0.2, 0.25) is 0 Å². The standard InChI is InChI=1S/C29H50N4O22P2.2C6H15N/c1-12(35)31-18-13(36)7-29(55-25(18)19(38)14(37)8-34,11-52-57(47,48)51-10-16-20(39)22(41)24(43)27(49-2)54-16)4-6-56(45,46)50-9-15-21(40)23(42)26(53-15)33-5-3-17(30)32-28(33)44;2*1-4-7(5-2)6-3/h3,5,13-16,18-27,34,36-43H,4,6-11H2,1-2H3,(H,31,35)(H,45,46)(H,47,48)(H2,30,32,44);2*4-6H2,1-3H3/t13-,14+,15+,16+,18+,19+,20-,21+,22-,23+,24+,25+,26+,27-,29-;;/m0../s1. The third-order valence-electron chi connectivity index (χ3n) is 12.3. The molecule has 28 nitrogen and oxygen atoms in total. The number of anilines is 1. The quantitative estimate of drug-likeness (QED) is 0.0445. The SMILES string of the molecule is CCN(CC)CC.CCN(CC)CC.CO[C@H]1O[C@H](COP(=O)(O)OC[C@]2(CCP(=O)(O)OC[C@H]3O[C@@H](n4ccc(N)nc4=O)[C@H](O)[C@@H]3O)C[C@H](O)[C@@H](NC(C)=O)[C@H]([C@H](O)[C@H](O)CO)O2)[C@H](O)[C@H](O)[C@H]1O. The number of rotatable bonds is 24. The average Bonchev–Trinajstić information content (AvgIpc) is 3.61. The maximum Gasteiger partial charge on any atom is 0.472 e. The fourth-order valence-electron chi connectivity index (χ4n) is 7.80. The molecule has 3 aliphatic rings. The van der Waals surface area contributed by atoms with Crippen LogP contribution >= 0.6 is 15.4 Å². The number of nitrogens with one attached hydrogen (secondary N) is 1. The normalized spacial score (nSPS) is 32.4. The second-order valence-electron chi connectivity index (χ2n) is 17.0. The Bertz CT molecular complexity index is 1850. The van der Waals surface area contributed by atoms with Crippen molar-refractivity contribution in [3.05, 3.63) is 22.7 Å². The van der Waals surface area contributed by atoms with Crippen molar-refractivity contribution in [1.82, 2.24) is 24.7 Å². The van der Waals surface area contributed by atoms with E-state index in [9.17, 15) is 74.5 Å². The predicted molar refractivity (Wildman–Crippen MR) is 251 cm³/mol. The number of phosphoric acid groups is 1. The summed E-state index contributed by atoms with van der Waals surface area (Å²) in [5.74, 6) is -0.865. The van der Waals surface area contributed by atoms with Crippen molar-refractivity contribution in [3.63, 3.8) is 0 Å². The number of hydrogen-bond donors (Lipinski definition) is 13. The molecule has 71 heavy (non-hydrogen) atoms. The smallest absolute Gasteiger partial charge is 0.394 e. The molecule has 1 aromatic heterocycles. The van der Waals surface area contributed by atoms with Gasteiger partial charge in [-0.25, -0.2) is 9.36 Å². The molecule has 0 aliphatic carbocycles. The molecule has 1 aromatic rings. The Morgan fingerprint density at radius 1 is 0.873 bits per heavy atom. The third-order valence-corrected chi connectivity index (χ3v) is 14.5. The second kappa shape index (κ2) is 30.4. The van der Waals surface area contributed by atoms with Gasteiger partial charge in [-0.3, -0.25) is 23.0 Å². The van der Waals surface area contributed by atoms with Crippen LogP contribution in [0.4, 0.5) is 5.82 Å². The first-order chi connectivity index (χ1) is 33.2. The number of nitrogen functional groups attached to an aromatic ring is 1. The van der Waals surface area contributed by atoms with Crippen LogP contribution in [0.5, 0.6) is 0 Å². The lowest BCUT2D eigenvalue weighted by Crippen LogP contribution is -2.66. The number of aromatic nitrogens is 2. The lowest BCUT2D eigenvalue weighted by molar-refractivity contribution is -0.293. The fraction of sp³-hybridized carbons (Fsp3) is 0.878. The van der Waals surface area contributed by atoms with Gasteiger partial charge in [0.05, 0.1) is 50.3 Å². The van der Waals surface area contributed by atoms with E-state index in [-0.39, 0.29) is 5.82 Å². The van der Waals surface area contributed by atoms with Crippen LogP contribution in [0.1, 0.15) is 67.5 Å². The molecule has 1 amide bonds. The van der Waals surface area contributed by atoms with Gasteiger partial charge in [0.25, 0.3) is 0 Å².